The average molecular weight is 1520 g/mol. The molecule has 3 N–H and O–H groups in total. The summed E-state index contributed by atoms with van der Waals surface area (Å²) in [5, 5.41) is 10.6. The minimum Gasteiger partial charge on any atom is -0.462 e. The summed E-state index contributed by atoms with van der Waals surface area (Å²) in [5.41, 5.74) is 0. The van der Waals surface area contributed by atoms with E-state index in [2.05, 4.69) is 41.5 Å². The van der Waals surface area contributed by atoms with Gasteiger partial charge in [0.25, 0.3) is 0 Å². The third-order valence-corrected chi connectivity index (χ3v) is 21.9. The molecule has 0 aromatic rings. The Morgan fingerprint density at radius 2 is 0.442 bits per heavy atom. The van der Waals surface area contributed by atoms with Gasteiger partial charge in [-0.2, -0.15) is 0 Å². The summed E-state index contributed by atoms with van der Waals surface area (Å²) in [4.78, 5) is 73.1. The molecule has 19 heteroatoms. The number of esters is 4. The van der Waals surface area contributed by atoms with Gasteiger partial charge in [-0.15, -0.1) is 0 Å². The smallest absolute Gasteiger partial charge is 0.462 e. The fourth-order valence-corrected chi connectivity index (χ4v) is 14.8. The monoisotopic (exact) mass is 1520 g/mol. The fraction of sp³-hybridized carbons (Fsp3) is 0.953. The molecule has 0 aliphatic heterocycles. The zero-order valence-electron chi connectivity index (χ0n) is 68.3. The number of phosphoric acid groups is 2. The molecule has 0 spiro atoms. The molecule has 0 saturated heterocycles. The molecule has 0 fully saturated rings. The highest BCUT2D eigenvalue weighted by Gasteiger charge is 2.30. The first-order valence-electron chi connectivity index (χ1n) is 44.0. The summed E-state index contributed by atoms with van der Waals surface area (Å²) in [6, 6.07) is 0. The molecule has 17 nitrogen and oxygen atoms in total. The molecule has 0 aromatic carbocycles. The second-order valence-electron chi connectivity index (χ2n) is 31.5. The Bertz CT molecular complexity index is 1990. The van der Waals surface area contributed by atoms with Crippen LogP contribution in [0.2, 0.25) is 0 Å². The molecule has 618 valence electrons. The van der Waals surface area contributed by atoms with Crippen LogP contribution < -0.4 is 0 Å². The Hall–Kier alpha value is -1.94. The standard InChI is InChI=1S/C85H166O17P2/c1-7-9-11-13-15-17-19-21-22-23-24-25-26-27-32-35-38-42-46-50-58-64-70-85(90)101-80(73-95-82(87)67-61-55-48-44-41-37-34-31-29-28-30-33-36-39-43-47-53-59-65-77(3)4)75-99-103(91,92)97-71-79(86)72-98-104(93,94)100-76-81(74-96-83(88)68-62-56-52-51-54-60-66-78(5)6)102-84(89)69-63-57-49-45-40-20-18-16-14-12-10-8-2/h77-81,86H,7-76H2,1-6H3,(H,91,92)(H,93,94)/t79-,80-,81-/m1/s1. The van der Waals surface area contributed by atoms with E-state index < -0.39 is 97.5 Å². The second kappa shape index (κ2) is 76.4. The van der Waals surface area contributed by atoms with Crippen LogP contribution in [0.25, 0.3) is 0 Å². The molecule has 0 aliphatic rings. The van der Waals surface area contributed by atoms with E-state index in [9.17, 15) is 43.2 Å². The summed E-state index contributed by atoms with van der Waals surface area (Å²) >= 11 is 0. The van der Waals surface area contributed by atoms with Crippen LogP contribution in [0, 0.1) is 11.8 Å². The number of rotatable bonds is 84. The van der Waals surface area contributed by atoms with E-state index in [0.717, 1.165) is 102 Å². The molecule has 104 heavy (non-hydrogen) atoms. The van der Waals surface area contributed by atoms with Crippen molar-refractivity contribution in [3.63, 3.8) is 0 Å². The molecular weight excluding hydrogens is 1350 g/mol. The normalized spacial score (nSPS) is 13.8. The number of hydrogen-bond donors (Lipinski definition) is 3. The molecule has 0 radical (unpaired) electrons. The van der Waals surface area contributed by atoms with Crippen molar-refractivity contribution < 1.29 is 80.2 Å². The van der Waals surface area contributed by atoms with Gasteiger partial charge in [0.05, 0.1) is 26.4 Å². The lowest BCUT2D eigenvalue weighted by molar-refractivity contribution is -0.161. The van der Waals surface area contributed by atoms with E-state index in [1.54, 1.807) is 0 Å². The lowest BCUT2D eigenvalue weighted by atomic mass is 10.0. The predicted molar refractivity (Wildman–Crippen MR) is 428 cm³/mol. The number of unbranched alkanes of at least 4 members (excludes halogenated alkanes) is 54. The molecular formula is C85H166O17P2. The SMILES string of the molecule is CCCCCCCCCCCCCCCCCCCCCCCCC(=O)O[C@H](COC(=O)CCCCCCCCCCCCCCCCCCCCC(C)C)COP(=O)(O)OC[C@@H](O)COP(=O)(O)OC[C@@H](COC(=O)CCCCCCCCC(C)C)OC(=O)CCCCCCCCCCCCCC. The number of carbonyl (C=O) groups excluding carboxylic acids is 4. The maximum absolute atomic E-state index is 13.1. The lowest BCUT2D eigenvalue weighted by Crippen LogP contribution is -2.30. The van der Waals surface area contributed by atoms with Crippen molar-refractivity contribution >= 4 is 39.5 Å². The Labute approximate surface area is 638 Å². The van der Waals surface area contributed by atoms with Gasteiger partial charge < -0.3 is 33.8 Å². The quantitative estimate of drug-likeness (QED) is 0.0222. The lowest BCUT2D eigenvalue weighted by Gasteiger charge is -2.21. The highest BCUT2D eigenvalue weighted by atomic mass is 31.2. The van der Waals surface area contributed by atoms with Crippen molar-refractivity contribution in [3.8, 4) is 0 Å². The number of ether oxygens (including phenoxy) is 4. The van der Waals surface area contributed by atoms with Crippen molar-refractivity contribution in [2.75, 3.05) is 39.6 Å². The number of aliphatic hydroxyl groups is 1. The fourth-order valence-electron chi connectivity index (χ4n) is 13.2. The van der Waals surface area contributed by atoms with Crippen molar-refractivity contribution in [2.45, 2.75) is 471 Å². The Kier molecular flexibility index (Phi) is 75.0. The molecule has 0 amide bonds. The van der Waals surface area contributed by atoms with Crippen molar-refractivity contribution in [3.05, 3.63) is 0 Å². The Morgan fingerprint density at radius 3 is 0.654 bits per heavy atom. The van der Waals surface area contributed by atoms with E-state index >= 15 is 0 Å². The zero-order chi connectivity index (χ0) is 76.4. The van der Waals surface area contributed by atoms with Crippen LogP contribution in [0.1, 0.15) is 452 Å². The Balaban J connectivity index is 5.17. The summed E-state index contributed by atoms with van der Waals surface area (Å²) in [6.07, 6.45) is 68.4. The molecule has 0 aliphatic carbocycles. The largest absolute Gasteiger partial charge is 0.472 e. The van der Waals surface area contributed by atoms with Gasteiger partial charge in [-0.25, -0.2) is 9.13 Å². The van der Waals surface area contributed by atoms with E-state index in [1.165, 1.54) is 263 Å². The van der Waals surface area contributed by atoms with E-state index in [0.29, 0.717) is 31.6 Å². The van der Waals surface area contributed by atoms with Gasteiger partial charge in [-0.05, 0) is 37.5 Å². The summed E-state index contributed by atoms with van der Waals surface area (Å²) in [5.74, 6) is -0.605. The van der Waals surface area contributed by atoms with E-state index in [4.69, 9.17) is 37.0 Å². The van der Waals surface area contributed by atoms with Crippen molar-refractivity contribution in [1.29, 1.82) is 0 Å². The first-order valence-corrected chi connectivity index (χ1v) is 47.0. The van der Waals surface area contributed by atoms with Crippen LogP contribution in [0.3, 0.4) is 0 Å². The number of carbonyl (C=O) groups is 4. The second-order valence-corrected chi connectivity index (χ2v) is 34.4. The van der Waals surface area contributed by atoms with Gasteiger partial charge >= 0.3 is 39.5 Å². The molecule has 5 atom stereocenters. The van der Waals surface area contributed by atoms with Gasteiger partial charge in [-0.3, -0.25) is 37.3 Å². The third kappa shape index (κ3) is 78.2. The van der Waals surface area contributed by atoms with Gasteiger partial charge in [0, 0.05) is 25.7 Å². The van der Waals surface area contributed by atoms with Crippen molar-refractivity contribution in [1.82, 2.24) is 0 Å². The number of aliphatic hydroxyl groups excluding tert-OH is 1. The van der Waals surface area contributed by atoms with Gasteiger partial charge in [0.2, 0.25) is 0 Å². The Morgan fingerprint density at radius 1 is 0.260 bits per heavy atom. The van der Waals surface area contributed by atoms with Crippen LogP contribution in [-0.2, 0) is 65.4 Å². The van der Waals surface area contributed by atoms with Crippen LogP contribution in [-0.4, -0.2) is 96.7 Å². The topological polar surface area (TPSA) is 237 Å². The summed E-state index contributed by atoms with van der Waals surface area (Å²) < 4.78 is 68.7. The van der Waals surface area contributed by atoms with Gasteiger partial charge in [0.15, 0.2) is 12.2 Å². The van der Waals surface area contributed by atoms with Gasteiger partial charge in [-0.1, -0.05) is 401 Å². The highest BCUT2D eigenvalue weighted by molar-refractivity contribution is 7.47. The zero-order valence-corrected chi connectivity index (χ0v) is 70.1. The van der Waals surface area contributed by atoms with E-state index in [-0.39, 0.29) is 25.7 Å². The average Bonchev–Trinajstić information content (AvgIpc) is 0.908. The number of phosphoric ester groups is 2. The molecule has 0 heterocycles. The number of hydrogen-bond acceptors (Lipinski definition) is 15. The first kappa shape index (κ1) is 102. The molecule has 0 rings (SSSR count). The van der Waals surface area contributed by atoms with Crippen LogP contribution >= 0.6 is 15.6 Å². The summed E-state index contributed by atoms with van der Waals surface area (Å²) in [7, 11) is -9.92. The van der Waals surface area contributed by atoms with E-state index in [1.807, 2.05) is 0 Å². The first-order chi connectivity index (χ1) is 50.4. The summed E-state index contributed by atoms with van der Waals surface area (Å²) in [6.45, 7) is 9.60. The minimum atomic E-state index is -4.96. The van der Waals surface area contributed by atoms with Crippen molar-refractivity contribution in [2.24, 2.45) is 11.8 Å². The maximum Gasteiger partial charge on any atom is 0.472 e. The molecule has 0 aromatic heterocycles. The van der Waals surface area contributed by atoms with Gasteiger partial charge in [0.1, 0.15) is 19.3 Å². The van der Waals surface area contributed by atoms with Crippen LogP contribution in [0.4, 0.5) is 0 Å². The van der Waals surface area contributed by atoms with Crippen LogP contribution in [0.15, 0.2) is 0 Å². The minimum absolute atomic E-state index is 0.107. The predicted octanol–water partition coefficient (Wildman–Crippen LogP) is 25.8. The van der Waals surface area contributed by atoms with Crippen LogP contribution in [0.5, 0.6) is 0 Å². The highest BCUT2D eigenvalue weighted by Crippen LogP contribution is 2.45. The molecule has 0 saturated carbocycles. The molecule has 2 unspecified atom stereocenters. The third-order valence-electron chi connectivity index (χ3n) is 20.0. The maximum atomic E-state index is 13.1. The molecule has 0 bridgehead atoms.